The molecule has 0 unspecified atom stereocenters. The van der Waals surface area contributed by atoms with Gasteiger partial charge in [-0.3, -0.25) is 10.2 Å². The van der Waals surface area contributed by atoms with Crippen LogP contribution in [-0.4, -0.2) is 36.5 Å². The van der Waals surface area contributed by atoms with Crippen LogP contribution in [0.1, 0.15) is 39.0 Å². The molecule has 7 nitrogen and oxygen atoms in total. The second kappa shape index (κ2) is 10.9. The molecule has 0 fully saturated rings. The molecule has 0 amide bonds. The minimum atomic E-state index is -0.301. The van der Waals surface area contributed by atoms with Crippen LogP contribution in [0.3, 0.4) is 0 Å². The fraction of sp³-hybridized carbons (Fsp3) is 0.421. The van der Waals surface area contributed by atoms with Crippen molar-refractivity contribution in [1.82, 2.24) is 4.98 Å². The maximum atomic E-state index is 11.5. The lowest BCUT2D eigenvalue weighted by Crippen LogP contribution is -2.08. The smallest absolute Gasteiger partial charge is 0.311 e. The minimum Gasteiger partial charge on any atom is -0.490 e. The molecule has 1 N–H and O–H groups in total. The van der Waals surface area contributed by atoms with E-state index in [1.165, 1.54) is 11.3 Å². The van der Waals surface area contributed by atoms with Gasteiger partial charge < -0.3 is 14.2 Å². The van der Waals surface area contributed by atoms with E-state index >= 15 is 0 Å². The number of hydrazone groups is 1. The third-order valence-corrected chi connectivity index (χ3v) is 4.32. The van der Waals surface area contributed by atoms with Crippen molar-refractivity contribution >= 4 is 40.3 Å². The number of hydrogen-bond donors (Lipinski definition) is 1. The van der Waals surface area contributed by atoms with Crippen molar-refractivity contribution in [3.63, 3.8) is 0 Å². The number of hydrogen-bond acceptors (Lipinski definition) is 8. The largest absolute Gasteiger partial charge is 0.490 e. The predicted molar refractivity (Wildman–Crippen MR) is 112 cm³/mol. The monoisotopic (exact) mass is 425 g/mol. The summed E-state index contributed by atoms with van der Waals surface area (Å²) in [5.74, 6) is 0.785. The summed E-state index contributed by atoms with van der Waals surface area (Å²) in [6.45, 7) is 8.36. The Bertz CT molecular complexity index is 824. The number of halogens is 1. The highest BCUT2D eigenvalue weighted by molar-refractivity contribution is 7.13. The zero-order chi connectivity index (χ0) is 20.5. The maximum Gasteiger partial charge on any atom is 0.311 e. The van der Waals surface area contributed by atoms with Gasteiger partial charge in [-0.1, -0.05) is 11.6 Å². The second-order valence-corrected chi connectivity index (χ2v) is 7.19. The van der Waals surface area contributed by atoms with Crippen LogP contribution in [0, 0.1) is 0 Å². The summed E-state index contributed by atoms with van der Waals surface area (Å²) in [6.07, 6.45) is 1.73. The Morgan fingerprint density at radius 3 is 2.82 bits per heavy atom. The number of benzene rings is 1. The van der Waals surface area contributed by atoms with Crippen LogP contribution in [-0.2, 0) is 16.0 Å². The maximum absolute atomic E-state index is 11.5. The van der Waals surface area contributed by atoms with Gasteiger partial charge in [0.1, 0.15) is 0 Å². The molecule has 0 radical (unpaired) electrons. The van der Waals surface area contributed by atoms with Crippen molar-refractivity contribution in [2.24, 2.45) is 5.10 Å². The Morgan fingerprint density at radius 1 is 1.36 bits per heavy atom. The van der Waals surface area contributed by atoms with Crippen LogP contribution in [0.5, 0.6) is 11.5 Å². The molecular formula is C19H24ClN3O4S. The molecule has 0 aliphatic carbocycles. The number of thiazole rings is 1. The van der Waals surface area contributed by atoms with E-state index in [0.29, 0.717) is 40.6 Å². The lowest BCUT2D eigenvalue weighted by molar-refractivity contribution is -0.142. The quantitative estimate of drug-likeness (QED) is 0.342. The molecule has 1 heterocycles. The standard InChI is InChI=1S/C19H24ClN3O4S/c1-5-25-16-8-13(7-15(20)18(16)27-12(3)4)10-21-23-19-22-14(11-28-19)9-17(24)26-6-2/h7-8,10-12H,5-6,9H2,1-4H3,(H,22,23)/b21-10-. The molecule has 0 spiro atoms. The molecule has 1 aromatic carbocycles. The molecule has 1 aromatic heterocycles. The Hall–Kier alpha value is -2.32. The predicted octanol–water partition coefficient (Wildman–Crippen LogP) is 4.53. The van der Waals surface area contributed by atoms with E-state index in [4.69, 9.17) is 25.8 Å². The van der Waals surface area contributed by atoms with Gasteiger partial charge >= 0.3 is 5.97 Å². The molecule has 0 aliphatic heterocycles. The highest BCUT2D eigenvalue weighted by Gasteiger charge is 2.13. The van der Waals surface area contributed by atoms with Gasteiger partial charge in [0.25, 0.3) is 0 Å². The summed E-state index contributed by atoms with van der Waals surface area (Å²) in [6, 6.07) is 3.56. The summed E-state index contributed by atoms with van der Waals surface area (Å²) in [4.78, 5) is 15.8. The van der Waals surface area contributed by atoms with Crippen molar-refractivity contribution in [1.29, 1.82) is 0 Å². The fourth-order valence-electron chi connectivity index (χ4n) is 2.24. The first-order valence-corrected chi connectivity index (χ1v) is 10.2. The van der Waals surface area contributed by atoms with Gasteiger partial charge in [0.2, 0.25) is 5.13 Å². The van der Waals surface area contributed by atoms with Gasteiger partial charge in [-0.25, -0.2) is 4.98 Å². The van der Waals surface area contributed by atoms with E-state index in [-0.39, 0.29) is 18.5 Å². The first-order valence-electron chi connectivity index (χ1n) is 8.95. The number of nitrogens with one attached hydrogen (secondary N) is 1. The number of rotatable bonds is 10. The normalized spacial score (nSPS) is 11.1. The van der Waals surface area contributed by atoms with Gasteiger partial charge in [0.05, 0.1) is 42.7 Å². The number of carbonyl (C=O) groups excluding carboxylic acids is 1. The molecule has 0 bridgehead atoms. The summed E-state index contributed by atoms with van der Waals surface area (Å²) in [5, 5.41) is 6.99. The van der Waals surface area contributed by atoms with E-state index in [1.54, 1.807) is 24.6 Å². The van der Waals surface area contributed by atoms with Crippen LogP contribution >= 0.6 is 22.9 Å². The Kier molecular flexibility index (Phi) is 8.53. The number of anilines is 1. The number of nitrogens with zero attached hydrogens (tertiary/aromatic N) is 2. The lowest BCUT2D eigenvalue weighted by atomic mass is 10.2. The Balaban J connectivity index is 2.05. The van der Waals surface area contributed by atoms with Crippen molar-refractivity contribution in [2.45, 2.75) is 40.2 Å². The summed E-state index contributed by atoms with van der Waals surface area (Å²) in [5.41, 5.74) is 4.23. The minimum absolute atomic E-state index is 0.0217. The van der Waals surface area contributed by atoms with Crippen molar-refractivity contribution < 1.29 is 19.0 Å². The molecule has 28 heavy (non-hydrogen) atoms. The van der Waals surface area contributed by atoms with Gasteiger partial charge in [0, 0.05) is 5.38 Å². The fourth-order valence-corrected chi connectivity index (χ4v) is 3.16. The van der Waals surface area contributed by atoms with Crippen LogP contribution in [0.15, 0.2) is 22.6 Å². The zero-order valence-corrected chi connectivity index (χ0v) is 17.9. The van der Waals surface area contributed by atoms with Gasteiger partial charge in [-0.15, -0.1) is 11.3 Å². The van der Waals surface area contributed by atoms with E-state index in [0.717, 1.165) is 5.56 Å². The molecule has 0 aliphatic rings. The highest BCUT2D eigenvalue weighted by atomic mass is 35.5. The molecule has 0 saturated heterocycles. The number of ether oxygens (including phenoxy) is 3. The molecule has 0 atom stereocenters. The van der Waals surface area contributed by atoms with E-state index < -0.39 is 0 Å². The SMILES string of the molecule is CCOC(=O)Cc1csc(N/N=C\c2cc(Cl)c(OC(C)C)c(OCC)c2)n1. The molecule has 9 heteroatoms. The topological polar surface area (TPSA) is 82.0 Å². The van der Waals surface area contributed by atoms with Crippen molar-refractivity contribution in [3.8, 4) is 11.5 Å². The van der Waals surface area contributed by atoms with Gasteiger partial charge in [-0.05, 0) is 45.4 Å². The van der Waals surface area contributed by atoms with Crippen LogP contribution in [0.25, 0.3) is 0 Å². The number of esters is 1. The number of aromatic nitrogens is 1. The zero-order valence-electron chi connectivity index (χ0n) is 16.3. The molecular weight excluding hydrogens is 402 g/mol. The summed E-state index contributed by atoms with van der Waals surface area (Å²) < 4.78 is 16.3. The first-order chi connectivity index (χ1) is 13.4. The van der Waals surface area contributed by atoms with Crippen LogP contribution in [0.4, 0.5) is 5.13 Å². The highest BCUT2D eigenvalue weighted by Crippen LogP contribution is 2.37. The molecule has 2 rings (SSSR count). The summed E-state index contributed by atoms with van der Waals surface area (Å²) >= 11 is 7.70. The van der Waals surface area contributed by atoms with Crippen LogP contribution < -0.4 is 14.9 Å². The molecule has 2 aromatic rings. The van der Waals surface area contributed by atoms with E-state index in [1.807, 2.05) is 26.8 Å². The van der Waals surface area contributed by atoms with Gasteiger partial charge in [-0.2, -0.15) is 5.10 Å². The lowest BCUT2D eigenvalue weighted by Gasteiger charge is -2.16. The van der Waals surface area contributed by atoms with E-state index in [9.17, 15) is 4.79 Å². The average Bonchev–Trinajstić information content (AvgIpc) is 3.05. The first kappa shape index (κ1) is 22.0. The third kappa shape index (κ3) is 6.69. The van der Waals surface area contributed by atoms with Gasteiger partial charge in [0.15, 0.2) is 11.5 Å². The molecule has 0 saturated carbocycles. The van der Waals surface area contributed by atoms with Crippen molar-refractivity contribution in [2.75, 3.05) is 18.6 Å². The Morgan fingerprint density at radius 2 is 2.14 bits per heavy atom. The van der Waals surface area contributed by atoms with E-state index in [2.05, 4.69) is 15.5 Å². The second-order valence-electron chi connectivity index (χ2n) is 5.93. The third-order valence-electron chi connectivity index (χ3n) is 3.24. The average molecular weight is 426 g/mol. The summed E-state index contributed by atoms with van der Waals surface area (Å²) in [7, 11) is 0. The van der Waals surface area contributed by atoms with Crippen molar-refractivity contribution in [3.05, 3.63) is 33.8 Å². The van der Waals surface area contributed by atoms with Crippen LogP contribution in [0.2, 0.25) is 5.02 Å². The molecule has 152 valence electrons. The Labute approximate surface area is 173 Å². The number of carbonyl (C=O) groups is 1.